The van der Waals surface area contributed by atoms with Crippen molar-refractivity contribution in [3.05, 3.63) is 41.9 Å². The first-order chi connectivity index (χ1) is 13.5. The molecular formula is C20H28N6O2. The van der Waals surface area contributed by atoms with Crippen molar-refractivity contribution in [3.63, 3.8) is 0 Å². The number of nitrogens with zero attached hydrogens (tertiary/aromatic N) is 3. The lowest BCUT2D eigenvalue weighted by Gasteiger charge is -2.33. The van der Waals surface area contributed by atoms with Crippen molar-refractivity contribution in [1.29, 1.82) is 0 Å². The summed E-state index contributed by atoms with van der Waals surface area (Å²) in [4.78, 5) is 23.6. The number of ether oxygens (including phenoxy) is 1. The number of urea groups is 1. The van der Waals surface area contributed by atoms with Crippen molar-refractivity contribution in [2.75, 3.05) is 19.8 Å². The maximum Gasteiger partial charge on any atom is 0.318 e. The van der Waals surface area contributed by atoms with Gasteiger partial charge in [-0.25, -0.2) is 9.79 Å². The Bertz CT molecular complexity index is 770. The molecule has 0 aliphatic carbocycles. The van der Waals surface area contributed by atoms with E-state index in [0.29, 0.717) is 19.1 Å². The molecule has 4 rings (SSSR count). The lowest BCUT2D eigenvalue weighted by molar-refractivity contribution is 0.0822. The summed E-state index contributed by atoms with van der Waals surface area (Å²) in [7, 11) is 0. The Morgan fingerprint density at radius 3 is 2.96 bits per heavy atom. The zero-order chi connectivity index (χ0) is 19.6. The molecule has 1 aromatic rings. The number of amides is 2. The molecule has 8 heteroatoms. The fourth-order valence-corrected chi connectivity index (χ4v) is 4.01. The van der Waals surface area contributed by atoms with Crippen LogP contribution >= 0.6 is 0 Å². The second-order valence-electron chi connectivity index (χ2n) is 7.96. The molecule has 0 radical (unpaired) electrons. The van der Waals surface area contributed by atoms with Gasteiger partial charge in [-0.15, -0.1) is 0 Å². The molecule has 3 aliphatic rings. The molecule has 2 amide bonds. The molecule has 0 spiro atoms. The number of fused-ring (bicyclic) bond motifs is 1. The smallest absolute Gasteiger partial charge is 0.318 e. The third-order valence-electron chi connectivity index (χ3n) is 5.72. The zero-order valence-corrected chi connectivity index (χ0v) is 16.4. The minimum Gasteiger partial charge on any atom is -0.381 e. The quantitative estimate of drug-likeness (QED) is 0.732. The summed E-state index contributed by atoms with van der Waals surface area (Å²) < 4.78 is 5.41. The monoisotopic (exact) mass is 384 g/mol. The lowest BCUT2D eigenvalue weighted by Crippen LogP contribution is -2.49. The van der Waals surface area contributed by atoms with Gasteiger partial charge in [-0.05, 0) is 43.9 Å². The molecule has 3 aliphatic heterocycles. The van der Waals surface area contributed by atoms with Crippen LogP contribution < -0.4 is 16.0 Å². The fraction of sp³-hybridized carbons (Fsp3) is 0.550. The van der Waals surface area contributed by atoms with Crippen LogP contribution in [0.5, 0.6) is 0 Å². The van der Waals surface area contributed by atoms with Crippen LogP contribution in [0.15, 0.2) is 41.3 Å². The molecule has 1 atom stereocenters. The Labute approximate surface area is 165 Å². The number of likely N-dealkylation sites (tertiary alicyclic amines) is 1. The molecule has 1 aromatic heterocycles. The first-order valence-corrected chi connectivity index (χ1v) is 9.87. The summed E-state index contributed by atoms with van der Waals surface area (Å²) >= 11 is 0. The van der Waals surface area contributed by atoms with E-state index in [9.17, 15) is 4.79 Å². The van der Waals surface area contributed by atoms with E-state index >= 15 is 0 Å². The molecule has 2 saturated heterocycles. The van der Waals surface area contributed by atoms with Crippen molar-refractivity contribution in [1.82, 2.24) is 25.8 Å². The predicted molar refractivity (Wildman–Crippen MR) is 107 cm³/mol. The molecule has 0 aromatic carbocycles. The van der Waals surface area contributed by atoms with Gasteiger partial charge in [0.2, 0.25) is 0 Å². The van der Waals surface area contributed by atoms with Crippen molar-refractivity contribution < 1.29 is 9.53 Å². The van der Waals surface area contributed by atoms with Crippen LogP contribution in [0.1, 0.15) is 32.3 Å². The first-order valence-electron chi connectivity index (χ1n) is 9.87. The van der Waals surface area contributed by atoms with E-state index in [1.807, 2.05) is 23.2 Å². The highest BCUT2D eigenvalue weighted by atomic mass is 16.5. The summed E-state index contributed by atoms with van der Waals surface area (Å²) in [6.45, 7) is 6.73. The number of nitrogens with one attached hydrogen (secondary N) is 3. The van der Waals surface area contributed by atoms with Gasteiger partial charge < -0.3 is 25.6 Å². The Kier molecular flexibility index (Phi) is 5.21. The Balaban J connectivity index is 1.40. The molecule has 1 unspecified atom stereocenters. The topological polar surface area (TPSA) is 90.9 Å². The average molecular weight is 384 g/mol. The van der Waals surface area contributed by atoms with E-state index in [-0.39, 0.29) is 12.1 Å². The van der Waals surface area contributed by atoms with E-state index in [2.05, 4.69) is 34.8 Å². The van der Waals surface area contributed by atoms with Gasteiger partial charge >= 0.3 is 6.03 Å². The van der Waals surface area contributed by atoms with Gasteiger partial charge in [0.05, 0.1) is 11.6 Å². The second kappa shape index (κ2) is 7.79. The van der Waals surface area contributed by atoms with Crippen molar-refractivity contribution in [2.24, 2.45) is 4.99 Å². The number of aliphatic imine (C=N–C) groups is 1. The number of hydrogen-bond acceptors (Lipinski definition) is 6. The van der Waals surface area contributed by atoms with Crippen LogP contribution in [0.2, 0.25) is 0 Å². The van der Waals surface area contributed by atoms with Crippen LogP contribution in [0.3, 0.4) is 0 Å². The Morgan fingerprint density at radius 1 is 1.39 bits per heavy atom. The highest BCUT2D eigenvalue weighted by Crippen LogP contribution is 2.36. The number of carbonyl (C=O) groups is 1. The molecule has 3 N–H and O–H groups in total. The summed E-state index contributed by atoms with van der Waals surface area (Å²) in [6, 6.07) is 4.09. The van der Waals surface area contributed by atoms with Crippen molar-refractivity contribution in [3.8, 4) is 0 Å². The molecule has 8 nitrogen and oxygen atoms in total. The van der Waals surface area contributed by atoms with Crippen LogP contribution in [0.4, 0.5) is 4.79 Å². The molecule has 28 heavy (non-hydrogen) atoms. The van der Waals surface area contributed by atoms with Gasteiger partial charge in [-0.2, -0.15) is 0 Å². The summed E-state index contributed by atoms with van der Waals surface area (Å²) in [5, 5.41) is 9.76. The van der Waals surface area contributed by atoms with Gasteiger partial charge in [-0.1, -0.05) is 6.07 Å². The standard InChI is InChI=1S/C20H28N6O2/c1-20(2)16-12-22-18(24-15-5-8-28-9-6-15)25-17(16)13-26(20)19(27)23-11-14-4-3-7-21-10-14/h3-4,7,10,12,15,17H,5-6,8-9,11,13H2,1-2H3,(H,23,27)(H2,22,24,25). The van der Waals surface area contributed by atoms with Gasteiger partial charge in [0, 0.05) is 50.9 Å². The predicted octanol–water partition coefficient (Wildman–Crippen LogP) is 1.37. The number of rotatable bonds is 3. The molecule has 4 heterocycles. The SMILES string of the molecule is CC1(C)C2=CNC(NC3CCOCC3)=NC2CN1C(=O)NCc1cccnc1. The van der Waals surface area contributed by atoms with Crippen LogP contribution in [-0.4, -0.2) is 59.3 Å². The molecular weight excluding hydrogens is 356 g/mol. The van der Waals surface area contributed by atoms with E-state index in [1.54, 1.807) is 12.4 Å². The molecule has 0 bridgehead atoms. The maximum absolute atomic E-state index is 12.8. The third-order valence-corrected chi connectivity index (χ3v) is 5.72. The van der Waals surface area contributed by atoms with Gasteiger partial charge in [0.1, 0.15) is 0 Å². The fourth-order valence-electron chi connectivity index (χ4n) is 4.01. The van der Waals surface area contributed by atoms with Crippen LogP contribution in [-0.2, 0) is 11.3 Å². The minimum atomic E-state index is -0.398. The van der Waals surface area contributed by atoms with Crippen molar-refractivity contribution >= 4 is 12.0 Å². The van der Waals surface area contributed by atoms with E-state index in [0.717, 1.165) is 43.2 Å². The molecule has 150 valence electrons. The summed E-state index contributed by atoms with van der Waals surface area (Å²) in [5.74, 6) is 0.786. The molecule has 2 fully saturated rings. The number of guanidine groups is 1. The second-order valence-corrected chi connectivity index (χ2v) is 7.96. The summed E-state index contributed by atoms with van der Waals surface area (Å²) in [6.07, 6.45) is 7.46. The van der Waals surface area contributed by atoms with E-state index in [4.69, 9.17) is 9.73 Å². The van der Waals surface area contributed by atoms with Gasteiger partial charge in [0.15, 0.2) is 5.96 Å². The van der Waals surface area contributed by atoms with E-state index in [1.165, 1.54) is 0 Å². The van der Waals surface area contributed by atoms with Crippen LogP contribution in [0.25, 0.3) is 0 Å². The highest BCUT2D eigenvalue weighted by molar-refractivity contribution is 5.84. The minimum absolute atomic E-state index is 0.0252. The Hall–Kier alpha value is -2.61. The molecule has 0 saturated carbocycles. The average Bonchev–Trinajstić information content (AvgIpc) is 2.98. The number of pyridine rings is 1. The van der Waals surface area contributed by atoms with Gasteiger partial charge in [0.25, 0.3) is 0 Å². The zero-order valence-electron chi connectivity index (χ0n) is 16.4. The number of carbonyl (C=O) groups excluding carboxylic acids is 1. The normalized spacial score (nSPS) is 23.9. The van der Waals surface area contributed by atoms with Crippen molar-refractivity contribution in [2.45, 2.75) is 50.9 Å². The summed E-state index contributed by atoms with van der Waals surface area (Å²) in [5.41, 5.74) is 1.71. The van der Waals surface area contributed by atoms with Gasteiger partial charge in [-0.3, -0.25) is 4.98 Å². The largest absolute Gasteiger partial charge is 0.381 e. The number of hydrogen-bond donors (Lipinski definition) is 3. The van der Waals surface area contributed by atoms with Crippen LogP contribution in [0, 0.1) is 0 Å². The Morgan fingerprint density at radius 2 is 2.21 bits per heavy atom. The van der Waals surface area contributed by atoms with E-state index < -0.39 is 5.54 Å². The first kappa shape index (κ1) is 18.7. The maximum atomic E-state index is 12.8. The number of aromatic nitrogens is 1. The highest BCUT2D eigenvalue weighted by Gasteiger charge is 2.46. The lowest BCUT2D eigenvalue weighted by atomic mass is 9.93. The third kappa shape index (κ3) is 3.82.